The van der Waals surface area contributed by atoms with E-state index in [0.29, 0.717) is 5.58 Å². The van der Waals surface area contributed by atoms with Gasteiger partial charge in [-0.2, -0.15) is 5.10 Å². The van der Waals surface area contributed by atoms with Gasteiger partial charge in [-0.1, -0.05) is 34.1 Å². The average molecular weight is 580 g/mol. The van der Waals surface area contributed by atoms with Crippen molar-refractivity contribution in [2.45, 2.75) is 6.54 Å². The van der Waals surface area contributed by atoms with Crippen LogP contribution < -0.4 is 5.43 Å². The summed E-state index contributed by atoms with van der Waals surface area (Å²) in [6.07, 6.45) is 3.33. The third-order valence-electron chi connectivity index (χ3n) is 4.48. The lowest BCUT2D eigenvalue weighted by Gasteiger charge is -2.02. The van der Waals surface area contributed by atoms with E-state index < -0.39 is 5.91 Å². The van der Waals surface area contributed by atoms with Crippen molar-refractivity contribution >= 4 is 78.5 Å². The van der Waals surface area contributed by atoms with E-state index in [4.69, 9.17) is 9.15 Å². The average Bonchev–Trinajstić information content (AvgIpc) is 3.30. The number of hydrazone groups is 1. The van der Waals surface area contributed by atoms with Gasteiger partial charge in [0.2, 0.25) is 0 Å². The highest BCUT2D eigenvalue weighted by atomic mass is 127. The monoisotopic (exact) mass is 579 g/mol. The van der Waals surface area contributed by atoms with E-state index in [1.807, 2.05) is 36.4 Å². The van der Waals surface area contributed by atoms with Gasteiger partial charge in [0.1, 0.15) is 12.1 Å². The number of carbonyl (C=O) groups is 2. The summed E-state index contributed by atoms with van der Waals surface area (Å²) in [5, 5.41) is 5.80. The van der Waals surface area contributed by atoms with Crippen molar-refractivity contribution in [2.24, 2.45) is 5.10 Å². The summed E-state index contributed by atoms with van der Waals surface area (Å²) in [6, 6.07) is 13.1. The van der Waals surface area contributed by atoms with Gasteiger partial charge in [0.15, 0.2) is 5.76 Å². The highest BCUT2D eigenvalue weighted by Gasteiger charge is 2.14. The number of aromatic nitrogens is 1. The molecule has 0 fully saturated rings. The fraction of sp³-hybridized carbons (Fsp3) is 0.0952. The molecule has 0 bridgehead atoms. The number of amides is 1. The first-order valence-electron chi connectivity index (χ1n) is 8.83. The van der Waals surface area contributed by atoms with Crippen LogP contribution in [0, 0.1) is 3.57 Å². The summed E-state index contributed by atoms with van der Waals surface area (Å²) < 4.78 is 14.0. The number of hydrogen-bond donors (Lipinski definition) is 1. The standard InChI is InChI=1S/C21H15BrIN3O4/c1-29-19(27)11-26-10-13(15-4-2-3-5-17(15)26)9-24-25-21(28)18-7-12-6-14(22)8-16(23)20(12)30-18/h2-10H,11H2,1H3,(H,25,28)/b24-9-. The number of hydrogen-bond acceptors (Lipinski definition) is 5. The van der Waals surface area contributed by atoms with Crippen molar-refractivity contribution in [1.82, 2.24) is 9.99 Å². The highest BCUT2D eigenvalue weighted by molar-refractivity contribution is 14.1. The van der Waals surface area contributed by atoms with Gasteiger partial charge in [-0.3, -0.25) is 9.59 Å². The van der Waals surface area contributed by atoms with Gasteiger partial charge < -0.3 is 13.7 Å². The summed E-state index contributed by atoms with van der Waals surface area (Å²) in [5.41, 5.74) is 4.77. The molecule has 30 heavy (non-hydrogen) atoms. The molecule has 0 aliphatic carbocycles. The van der Waals surface area contributed by atoms with Crippen molar-refractivity contribution in [3.63, 3.8) is 0 Å². The largest absolute Gasteiger partial charge is 0.468 e. The molecule has 0 aliphatic heterocycles. The van der Waals surface area contributed by atoms with Crippen LogP contribution in [0.3, 0.4) is 0 Å². The fourth-order valence-electron chi connectivity index (χ4n) is 3.12. The third kappa shape index (κ3) is 4.12. The van der Waals surface area contributed by atoms with Crippen LogP contribution in [0.25, 0.3) is 21.9 Å². The van der Waals surface area contributed by atoms with Crippen LogP contribution in [0.5, 0.6) is 0 Å². The third-order valence-corrected chi connectivity index (χ3v) is 5.73. The van der Waals surface area contributed by atoms with E-state index in [2.05, 4.69) is 49.0 Å². The normalized spacial score (nSPS) is 11.4. The molecule has 0 spiro atoms. The van der Waals surface area contributed by atoms with Crippen LogP contribution in [-0.2, 0) is 16.1 Å². The summed E-state index contributed by atoms with van der Waals surface area (Å²) in [4.78, 5) is 24.1. The van der Waals surface area contributed by atoms with Gasteiger partial charge in [-0.15, -0.1) is 0 Å². The zero-order chi connectivity index (χ0) is 21.3. The molecule has 4 aromatic rings. The van der Waals surface area contributed by atoms with Crippen LogP contribution in [0.2, 0.25) is 0 Å². The topological polar surface area (TPSA) is 85.8 Å². The van der Waals surface area contributed by atoms with E-state index in [9.17, 15) is 9.59 Å². The Hall–Kier alpha value is -2.66. The molecular formula is C21H15BrIN3O4. The lowest BCUT2D eigenvalue weighted by molar-refractivity contribution is -0.141. The number of benzene rings is 2. The maximum Gasteiger partial charge on any atom is 0.325 e. The van der Waals surface area contributed by atoms with Gasteiger partial charge in [-0.25, -0.2) is 5.43 Å². The summed E-state index contributed by atoms with van der Waals surface area (Å²) in [5.74, 6) is -0.627. The smallest absolute Gasteiger partial charge is 0.325 e. The van der Waals surface area contributed by atoms with E-state index in [0.717, 1.165) is 29.9 Å². The molecule has 0 atom stereocenters. The minimum atomic E-state index is -0.451. The molecule has 1 N–H and O–H groups in total. The Morgan fingerprint density at radius 2 is 2.10 bits per heavy atom. The number of rotatable bonds is 5. The van der Waals surface area contributed by atoms with E-state index >= 15 is 0 Å². The molecule has 0 radical (unpaired) electrons. The number of methoxy groups -OCH3 is 1. The number of nitrogens with zero attached hydrogens (tertiary/aromatic N) is 2. The molecule has 4 rings (SSSR count). The van der Waals surface area contributed by atoms with E-state index in [-0.39, 0.29) is 18.3 Å². The minimum Gasteiger partial charge on any atom is -0.468 e. The van der Waals surface area contributed by atoms with Crippen LogP contribution in [0.4, 0.5) is 0 Å². The number of fused-ring (bicyclic) bond motifs is 2. The zero-order valence-corrected chi connectivity index (χ0v) is 19.4. The second kappa shape index (κ2) is 8.60. The fourth-order valence-corrected chi connectivity index (χ4v) is 4.78. The molecule has 0 saturated carbocycles. The summed E-state index contributed by atoms with van der Waals surface area (Å²) in [6.45, 7) is 0.0877. The Bertz CT molecular complexity index is 1310. The van der Waals surface area contributed by atoms with Crippen molar-refractivity contribution < 1.29 is 18.7 Å². The lowest BCUT2D eigenvalue weighted by atomic mass is 10.2. The van der Waals surface area contributed by atoms with Crippen molar-refractivity contribution in [2.75, 3.05) is 7.11 Å². The van der Waals surface area contributed by atoms with Crippen LogP contribution in [0.15, 0.2) is 62.7 Å². The minimum absolute atomic E-state index is 0.0877. The molecule has 1 amide bonds. The predicted octanol–water partition coefficient (Wildman–Crippen LogP) is 4.69. The Balaban J connectivity index is 1.56. The van der Waals surface area contributed by atoms with Gasteiger partial charge in [0, 0.05) is 32.5 Å². The first kappa shape index (κ1) is 20.6. The lowest BCUT2D eigenvalue weighted by Crippen LogP contribution is -2.16. The molecule has 0 saturated heterocycles. The molecule has 2 heterocycles. The number of furan rings is 1. The van der Waals surface area contributed by atoms with Crippen molar-refractivity contribution in [1.29, 1.82) is 0 Å². The molecular weight excluding hydrogens is 565 g/mol. The maximum absolute atomic E-state index is 12.5. The van der Waals surface area contributed by atoms with Crippen LogP contribution >= 0.6 is 38.5 Å². The highest BCUT2D eigenvalue weighted by Crippen LogP contribution is 2.28. The molecule has 2 aromatic heterocycles. The number of carbonyl (C=O) groups excluding carboxylic acids is 2. The molecule has 152 valence electrons. The van der Waals surface area contributed by atoms with Crippen molar-refractivity contribution in [3.05, 3.63) is 68.0 Å². The van der Waals surface area contributed by atoms with Gasteiger partial charge in [-0.05, 0) is 46.9 Å². The number of nitrogens with one attached hydrogen (secondary N) is 1. The van der Waals surface area contributed by atoms with Gasteiger partial charge in [0.25, 0.3) is 0 Å². The summed E-state index contributed by atoms with van der Waals surface area (Å²) >= 11 is 5.59. The molecule has 7 nitrogen and oxygen atoms in total. The van der Waals surface area contributed by atoms with E-state index in [1.54, 1.807) is 16.8 Å². The van der Waals surface area contributed by atoms with Gasteiger partial charge in [0.05, 0.1) is 16.9 Å². The quantitative estimate of drug-likeness (QED) is 0.161. The number of halogens is 2. The Kier molecular flexibility index (Phi) is 5.91. The first-order chi connectivity index (χ1) is 14.5. The molecule has 0 unspecified atom stereocenters. The van der Waals surface area contributed by atoms with Crippen molar-refractivity contribution in [3.8, 4) is 0 Å². The number of esters is 1. The van der Waals surface area contributed by atoms with Gasteiger partial charge >= 0.3 is 11.9 Å². The molecule has 9 heteroatoms. The van der Waals surface area contributed by atoms with Crippen LogP contribution in [-0.4, -0.2) is 29.8 Å². The van der Waals surface area contributed by atoms with E-state index in [1.165, 1.54) is 13.3 Å². The molecule has 0 aliphatic rings. The Labute approximate surface area is 193 Å². The Morgan fingerprint density at radius 1 is 1.30 bits per heavy atom. The predicted molar refractivity (Wildman–Crippen MR) is 126 cm³/mol. The number of para-hydroxylation sites is 1. The first-order valence-corrected chi connectivity index (χ1v) is 10.7. The summed E-state index contributed by atoms with van der Waals surface area (Å²) in [7, 11) is 1.35. The van der Waals surface area contributed by atoms with Crippen LogP contribution in [0.1, 0.15) is 16.1 Å². The second-order valence-electron chi connectivity index (χ2n) is 6.42. The maximum atomic E-state index is 12.5. The number of ether oxygens (including phenoxy) is 1. The Morgan fingerprint density at radius 3 is 2.90 bits per heavy atom. The molecule has 2 aromatic carbocycles. The second-order valence-corrected chi connectivity index (χ2v) is 8.50. The zero-order valence-electron chi connectivity index (χ0n) is 15.7. The SMILES string of the molecule is COC(=O)Cn1cc(/C=N\NC(=O)c2cc3cc(Br)cc(I)c3o2)c2ccccc21.